The highest BCUT2D eigenvalue weighted by Crippen LogP contribution is 2.25. The van der Waals surface area contributed by atoms with Crippen molar-refractivity contribution in [1.29, 1.82) is 0 Å². The van der Waals surface area contributed by atoms with Crippen LogP contribution in [0.4, 0.5) is 0 Å². The fourth-order valence-electron chi connectivity index (χ4n) is 2.09. The van der Waals surface area contributed by atoms with Crippen LogP contribution in [0.25, 0.3) is 0 Å². The van der Waals surface area contributed by atoms with Gasteiger partial charge in [-0.1, -0.05) is 0 Å². The number of carbonyl (C=O) groups is 2. The number of morpholine rings is 1. The first kappa shape index (κ1) is 19.4. The summed E-state index contributed by atoms with van der Waals surface area (Å²) < 4.78 is 15.7. The number of nitrogens with one attached hydrogen (secondary N) is 1. The van der Waals surface area contributed by atoms with Gasteiger partial charge in [-0.3, -0.25) is 9.69 Å². The second-order valence-electron chi connectivity index (χ2n) is 5.24. The third kappa shape index (κ3) is 6.81. The van der Waals surface area contributed by atoms with Crippen LogP contribution in [0.15, 0.2) is 27.8 Å². The third-order valence-corrected chi connectivity index (χ3v) is 4.02. The number of halogens is 1. The third-order valence-electron chi connectivity index (χ3n) is 3.40. The largest absolute Gasteiger partial charge is 0.481 e. The van der Waals surface area contributed by atoms with Crippen molar-refractivity contribution in [1.82, 2.24) is 10.3 Å². The van der Waals surface area contributed by atoms with E-state index in [1.807, 2.05) is 4.90 Å². The molecule has 1 amide bonds. The fourth-order valence-corrected chi connectivity index (χ4v) is 2.60. The smallest absolute Gasteiger partial charge is 0.343 e. The van der Waals surface area contributed by atoms with Gasteiger partial charge >= 0.3 is 5.97 Å². The zero-order valence-corrected chi connectivity index (χ0v) is 15.5. The van der Waals surface area contributed by atoms with Gasteiger partial charge in [-0.25, -0.2) is 10.2 Å². The van der Waals surface area contributed by atoms with Crippen LogP contribution in [0.3, 0.4) is 0 Å². The Labute approximate surface area is 154 Å². The van der Waals surface area contributed by atoms with Crippen molar-refractivity contribution in [2.45, 2.75) is 0 Å². The lowest BCUT2D eigenvalue weighted by atomic mass is 10.2. The summed E-state index contributed by atoms with van der Waals surface area (Å²) in [6, 6.07) is 5.23. The number of amides is 1. The summed E-state index contributed by atoms with van der Waals surface area (Å²) in [5.41, 5.74) is 3.27. The molecule has 8 nitrogen and oxygen atoms in total. The minimum atomic E-state index is -0.458. The van der Waals surface area contributed by atoms with E-state index in [4.69, 9.17) is 9.47 Å². The first-order chi connectivity index (χ1) is 12.1. The van der Waals surface area contributed by atoms with Crippen LogP contribution in [-0.4, -0.2) is 69.6 Å². The zero-order chi connectivity index (χ0) is 18.1. The molecule has 1 aromatic carbocycles. The van der Waals surface area contributed by atoms with Crippen molar-refractivity contribution in [3.8, 4) is 5.75 Å². The maximum absolute atomic E-state index is 11.8. The predicted molar refractivity (Wildman–Crippen MR) is 94.6 cm³/mol. The molecule has 25 heavy (non-hydrogen) atoms. The molecule has 0 atom stereocenters. The highest BCUT2D eigenvalue weighted by molar-refractivity contribution is 9.10. The van der Waals surface area contributed by atoms with E-state index < -0.39 is 5.97 Å². The van der Waals surface area contributed by atoms with Crippen LogP contribution >= 0.6 is 15.9 Å². The maximum atomic E-state index is 11.8. The van der Waals surface area contributed by atoms with Gasteiger partial charge in [0.25, 0.3) is 5.91 Å². The second-order valence-corrected chi connectivity index (χ2v) is 6.09. The number of methoxy groups -OCH3 is 1. The van der Waals surface area contributed by atoms with E-state index in [1.54, 1.807) is 18.2 Å². The first-order valence-corrected chi connectivity index (χ1v) is 8.49. The molecule has 136 valence electrons. The monoisotopic (exact) mass is 413 g/mol. The van der Waals surface area contributed by atoms with Gasteiger partial charge in [-0.15, -0.1) is 0 Å². The summed E-state index contributed by atoms with van der Waals surface area (Å²) >= 11 is 3.36. The number of hydrazone groups is 1. The highest BCUT2D eigenvalue weighted by Gasteiger charge is 2.13. The SMILES string of the molecule is COC(=O)COc1ccc(C=NNC(=O)CN2CCOCC2)cc1Br. The van der Waals surface area contributed by atoms with Crippen molar-refractivity contribution < 1.29 is 23.8 Å². The van der Waals surface area contributed by atoms with Crippen molar-refractivity contribution >= 4 is 34.0 Å². The summed E-state index contributed by atoms with van der Waals surface area (Å²) in [6.07, 6.45) is 1.53. The Kier molecular flexibility index (Phi) is 7.83. The van der Waals surface area contributed by atoms with Crippen LogP contribution in [0.5, 0.6) is 5.75 Å². The minimum Gasteiger partial charge on any atom is -0.481 e. The van der Waals surface area contributed by atoms with Crippen molar-refractivity contribution in [3.05, 3.63) is 28.2 Å². The van der Waals surface area contributed by atoms with Crippen molar-refractivity contribution in [3.63, 3.8) is 0 Å². The lowest BCUT2D eigenvalue weighted by Gasteiger charge is -2.25. The highest BCUT2D eigenvalue weighted by atomic mass is 79.9. The lowest BCUT2D eigenvalue weighted by molar-refractivity contribution is -0.142. The molecule has 1 aliphatic heterocycles. The average Bonchev–Trinajstić information content (AvgIpc) is 2.61. The van der Waals surface area contributed by atoms with Gasteiger partial charge in [0.15, 0.2) is 6.61 Å². The van der Waals surface area contributed by atoms with E-state index in [0.717, 1.165) is 18.7 Å². The molecule has 0 aliphatic carbocycles. The van der Waals surface area contributed by atoms with Crippen LogP contribution in [0.2, 0.25) is 0 Å². The fraction of sp³-hybridized carbons (Fsp3) is 0.438. The van der Waals surface area contributed by atoms with E-state index in [0.29, 0.717) is 30.0 Å². The molecule has 1 aliphatic rings. The Morgan fingerprint density at radius 1 is 1.40 bits per heavy atom. The number of nitrogens with zero attached hydrogens (tertiary/aromatic N) is 2. The topological polar surface area (TPSA) is 89.5 Å². The number of carbonyl (C=O) groups excluding carboxylic acids is 2. The molecule has 1 aromatic rings. The van der Waals surface area contributed by atoms with E-state index in [2.05, 4.69) is 31.2 Å². The Morgan fingerprint density at radius 2 is 2.16 bits per heavy atom. The summed E-state index contributed by atoms with van der Waals surface area (Å²) in [5.74, 6) is -0.116. The van der Waals surface area contributed by atoms with Crippen LogP contribution in [-0.2, 0) is 19.1 Å². The van der Waals surface area contributed by atoms with Crippen LogP contribution in [0, 0.1) is 0 Å². The molecule has 1 saturated heterocycles. The van der Waals surface area contributed by atoms with E-state index in [-0.39, 0.29) is 12.5 Å². The quantitative estimate of drug-likeness (QED) is 0.403. The molecule has 1 fully saturated rings. The molecule has 0 unspecified atom stereocenters. The van der Waals surface area contributed by atoms with E-state index in [1.165, 1.54) is 13.3 Å². The predicted octanol–water partition coefficient (Wildman–Crippen LogP) is 0.783. The number of hydrogen-bond acceptors (Lipinski definition) is 7. The normalized spacial score (nSPS) is 15.1. The van der Waals surface area contributed by atoms with Gasteiger partial charge in [0.2, 0.25) is 0 Å². The summed E-state index contributed by atoms with van der Waals surface area (Å²) in [7, 11) is 1.30. The molecule has 1 N–H and O–H groups in total. The zero-order valence-electron chi connectivity index (χ0n) is 13.9. The minimum absolute atomic E-state index is 0.167. The summed E-state index contributed by atoms with van der Waals surface area (Å²) in [4.78, 5) is 24.9. The average molecular weight is 414 g/mol. The van der Waals surface area contributed by atoms with E-state index >= 15 is 0 Å². The number of rotatable bonds is 7. The molecule has 2 rings (SSSR count). The molecular weight excluding hydrogens is 394 g/mol. The molecule has 0 aromatic heterocycles. The van der Waals surface area contributed by atoms with Crippen LogP contribution < -0.4 is 10.2 Å². The molecule has 1 heterocycles. The molecular formula is C16H20BrN3O5. The lowest BCUT2D eigenvalue weighted by Crippen LogP contribution is -2.42. The Hall–Kier alpha value is -1.97. The van der Waals surface area contributed by atoms with Gasteiger partial charge in [0.1, 0.15) is 5.75 Å². The maximum Gasteiger partial charge on any atom is 0.343 e. The van der Waals surface area contributed by atoms with Gasteiger partial charge < -0.3 is 14.2 Å². The Bertz CT molecular complexity index is 632. The van der Waals surface area contributed by atoms with Gasteiger partial charge in [-0.05, 0) is 39.7 Å². The standard InChI is InChI=1S/C16H20BrN3O5/c1-23-16(22)11-25-14-3-2-12(8-13(14)17)9-18-19-15(21)10-20-4-6-24-7-5-20/h2-3,8-9H,4-7,10-11H2,1H3,(H,19,21). The molecule has 0 bridgehead atoms. The van der Waals surface area contributed by atoms with Crippen molar-refractivity contribution in [2.24, 2.45) is 5.10 Å². The van der Waals surface area contributed by atoms with E-state index in [9.17, 15) is 9.59 Å². The summed E-state index contributed by atoms with van der Waals surface area (Å²) in [6.45, 7) is 2.92. The van der Waals surface area contributed by atoms with Crippen LogP contribution in [0.1, 0.15) is 5.56 Å². The Morgan fingerprint density at radius 3 is 2.84 bits per heavy atom. The molecule has 0 radical (unpaired) electrons. The molecule has 0 saturated carbocycles. The second kappa shape index (κ2) is 10.1. The number of esters is 1. The van der Waals surface area contributed by atoms with Crippen molar-refractivity contribution in [2.75, 3.05) is 46.6 Å². The molecule has 9 heteroatoms. The summed E-state index contributed by atoms with van der Waals surface area (Å²) in [5, 5.41) is 3.95. The number of benzene rings is 1. The first-order valence-electron chi connectivity index (χ1n) is 7.69. The number of hydrogen-bond donors (Lipinski definition) is 1. The number of ether oxygens (including phenoxy) is 3. The van der Waals surface area contributed by atoms with Gasteiger partial charge in [0, 0.05) is 13.1 Å². The van der Waals surface area contributed by atoms with Gasteiger partial charge in [0.05, 0.1) is 37.6 Å². The molecule has 0 spiro atoms. The van der Waals surface area contributed by atoms with Gasteiger partial charge in [-0.2, -0.15) is 5.10 Å². The Balaban J connectivity index is 1.81.